The molecule has 0 aromatic carbocycles. The van der Waals surface area contributed by atoms with Crippen molar-refractivity contribution in [3.05, 3.63) is 23.3 Å². The highest BCUT2D eigenvalue weighted by atomic mass is 32.2. The van der Waals surface area contributed by atoms with Gasteiger partial charge in [-0.2, -0.15) is 0 Å². The van der Waals surface area contributed by atoms with E-state index in [1.54, 1.807) is 6.20 Å². The summed E-state index contributed by atoms with van der Waals surface area (Å²) in [7, 11) is -3.07. The summed E-state index contributed by atoms with van der Waals surface area (Å²) in [5.74, 6) is 0.284. The number of nitrogens with one attached hydrogen (secondary N) is 1. The van der Waals surface area contributed by atoms with Gasteiger partial charge in [-0.3, -0.25) is 0 Å². The van der Waals surface area contributed by atoms with Crippen LogP contribution in [0.2, 0.25) is 0 Å². The smallest absolute Gasteiger partial charge is 0.154 e. The Morgan fingerprint density at radius 1 is 1.35 bits per heavy atom. The summed E-state index contributed by atoms with van der Waals surface area (Å²) in [5, 5.41) is 3.21. The molecule has 0 aliphatic rings. The van der Waals surface area contributed by atoms with Crippen LogP contribution in [0.5, 0.6) is 0 Å². The monoisotopic (exact) mass is 257 g/mol. The van der Waals surface area contributed by atoms with Crippen molar-refractivity contribution in [3.63, 3.8) is 0 Å². The first kappa shape index (κ1) is 14.1. The Hall–Kier alpha value is -1.01. The van der Waals surface area contributed by atoms with Crippen LogP contribution < -0.4 is 5.32 Å². The minimum Gasteiger partial charge on any atom is -0.313 e. The zero-order chi connectivity index (χ0) is 12.9. The molecule has 0 aliphatic heterocycles. The van der Waals surface area contributed by atoms with Crippen LogP contribution in [0, 0.1) is 0 Å². The van der Waals surface area contributed by atoms with Gasteiger partial charge in [-0.15, -0.1) is 0 Å². The lowest BCUT2D eigenvalue weighted by Crippen LogP contribution is -2.16. The quantitative estimate of drug-likeness (QED) is 0.812. The Morgan fingerprint density at radius 2 is 2.06 bits per heavy atom. The second kappa shape index (κ2) is 6.07. The molecule has 0 spiro atoms. The fourth-order valence-electron chi connectivity index (χ4n) is 1.50. The molecule has 0 fully saturated rings. The minimum absolute atomic E-state index is 0.0957. The van der Waals surface area contributed by atoms with Gasteiger partial charge in [0.15, 0.2) is 9.84 Å². The van der Waals surface area contributed by atoms with E-state index in [1.807, 2.05) is 13.8 Å². The SMILES string of the molecule is CCNCc1cnc(CS(C)(=O)=O)nc1CC. The van der Waals surface area contributed by atoms with Crippen molar-refractivity contribution in [2.24, 2.45) is 0 Å². The zero-order valence-electron chi connectivity index (χ0n) is 10.5. The molecule has 0 aliphatic carbocycles. The second-order valence-electron chi connectivity index (χ2n) is 3.96. The van der Waals surface area contributed by atoms with Crippen LogP contribution in [0.25, 0.3) is 0 Å². The van der Waals surface area contributed by atoms with Gasteiger partial charge in [0.1, 0.15) is 11.6 Å². The fourth-order valence-corrected chi connectivity index (χ4v) is 2.11. The molecule has 0 atom stereocenters. The van der Waals surface area contributed by atoms with Crippen LogP contribution in [0.15, 0.2) is 6.20 Å². The first-order valence-electron chi connectivity index (χ1n) is 5.68. The number of hydrogen-bond acceptors (Lipinski definition) is 5. The Labute approximate surface area is 103 Å². The van der Waals surface area contributed by atoms with E-state index in [0.29, 0.717) is 5.82 Å². The largest absolute Gasteiger partial charge is 0.313 e. The van der Waals surface area contributed by atoms with Gasteiger partial charge in [-0.25, -0.2) is 18.4 Å². The van der Waals surface area contributed by atoms with Crippen LogP contribution in [0.4, 0.5) is 0 Å². The van der Waals surface area contributed by atoms with Gasteiger partial charge in [0.25, 0.3) is 0 Å². The summed E-state index contributed by atoms with van der Waals surface area (Å²) in [5.41, 5.74) is 1.95. The standard InChI is InChI=1S/C11H19N3O2S/c1-4-10-9(6-12-5-2)7-13-11(14-10)8-17(3,15)16/h7,12H,4-6,8H2,1-3H3. The number of nitrogens with zero attached hydrogens (tertiary/aromatic N) is 2. The topological polar surface area (TPSA) is 72.0 Å². The van der Waals surface area contributed by atoms with Crippen LogP contribution in [-0.4, -0.2) is 31.2 Å². The van der Waals surface area contributed by atoms with E-state index < -0.39 is 9.84 Å². The summed E-state index contributed by atoms with van der Waals surface area (Å²) in [6.07, 6.45) is 3.68. The fraction of sp³-hybridized carbons (Fsp3) is 0.636. The number of hydrogen-bond donors (Lipinski definition) is 1. The lowest BCUT2D eigenvalue weighted by molar-refractivity contribution is 0.599. The molecule has 0 bridgehead atoms. The van der Waals surface area contributed by atoms with E-state index in [2.05, 4.69) is 15.3 Å². The van der Waals surface area contributed by atoms with E-state index in [1.165, 1.54) is 6.26 Å². The maximum absolute atomic E-state index is 11.2. The molecule has 1 heterocycles. The first-order valence-corrected chi connectivity index (χ1v) is 7.74. The van der Waals surface area contributed by atoms with Crippen LogP contribution in [0.1, 0.15) is 30.9 Å². The molecule has 0 saturated heterocycles. The van der Waals surface area contributed by atoms with Crippen LogP contribution >= 0.6 is 0 Å². The van der Waals surface area contributed by atoms with E-state index in [0.717, 1.165) is 30.8 Å². The van der Waals surface area contributed by atoms with Gasteiger partial charge in [0.2, 0.25) is 0 Å². The van der Waals surface area contributed by atoms with Crippen molar-refractivity contribution < 1.29 is 8.42 Å². The van der Waals surface area contributed by atoms with E-state index in [4.69, 9.17) is 0 Å². The van der Waals surface area contributed by atoms with Crippen molar-refractivity contribution in [1.82, 2.24) is 15.3 Å². The molecule has 0 saturated carbocycles. The van der Waals surface area contributed by atoms with E-state index in [9.17, 15) is 8.42 Å². The average Bonchev–Trinajstić information content (AvgIpc) is 2.25. The highest BCUT2D eigenvalue weighted by Gasteiger charge is 2.10. The van der Waals surface area contributed by atoms with Gasteiger partial charge in [-0.1, -0.05) is 13.8 Å². The minimum atomic E-state index is -3.07. The molecule has 17 heavy (non-hydrogen) atoms. The van der Waals surface area contributed by atoms with Crippen molar-refractivity contribution in [2.45, 2.75) is 32.6 Å². The van der Waals surface area contributed by atoms with Crippen LogP contribution in [-0.2, 0) is 28.6 Å². The molecule has 0 radical (unpaired) electrons. The normalized spacial score (nSPS) is 11.7. The lowest BCUT2D eigenvalue weighted by atomic mass is 10.2. The molecule has 5 nitrogen and oxygen atoms in total. The Morgan fingerprint density at radius 3 is 2.59 bits per heavy atom. The highest BCUT2D eigenvalue weighted by Crippen LogP contribution is 2.08. The van der Waals surface area contributed by atoms with E-state index in [-0.39, 0.29) is 5.75 Å². The molecular formula is C11H19N3O2S. The molecule has 1 rings (SSSR count). The molecule has 96 valence electrons. The third-order valence-electron chi connectivity index (χ3n) is 2.30. The van der Waals surface area contributed by atoms with Gasteiger partial charge in [0.05, 0.1) is 0 Å². The van der Waals surface area contributed by atoms with Crippen molar-refractivity contribution in [3.8, 4) is 0 Å². The summed E-state index contributed by atoms with van der Waals surface area (Å²) in [6.45, 7) is 5.64. The average molecular weight is 257 g/mol. The summed E-state index contributed by atoms with van der Waals surface area (Å²) in [4.78, 5) is 8.39. The summed E-state index contributed by atoms with van der Waals surface area (Å²) in [6, 6.07) is 0. The Balaban J connectivity index is 2.92. The first-order chi connectivity index (χ1) is 7.96. The summed E-state index contributed by atoms with van der Waals surface area (Å²) >= 11 is 0. The van der Waals surface area contributed by atoms with Crippen molar-refractivity contribution in [2.75, 3.05) is 12.8 Å². The predicted molar refractivity (Wildman–Crippen MR) is 67.3 cm³/mol. The highest BCUT2D eigenvalue weighted by molar-refractivity contribution is 7.89. The molecule has 0 unspecified atom stereocenters. The third-order valence-corrected chi connectivity index (χ3v) is 3.08. The second-order valence-corrected chi connectivity index (χ2v) is 6.10. The van der Waals surface area contributed by atoms with Crippen molar-refractivity contribution in [1.29, 1.82) is 0 Å². The third kappa shape index (κ3) is 4.79. The van der Waals surface area contributed by atoms with Crippen LogP contribution in [0.3, 0.4) is 0 Å². The molecule has 1 aromatic rings. The lowest BCUT2D eigenvalue weighted by Gasteiger charge is -2.08. The molecule has 1 aromatic heterocycles. The Bertz CT molecular complexity index is 472. The number of aromatic nitrogens is 2. The number of sulfone groups is 1. The number of rotatable bonds is 6. The maximum Gasteiger partial charge on any atom is 0.154 e. The maximum atomic E-state index is 11.2. The van der Waals surface area contributed by atoms with Gasteiger partial charge < -0.3 is 5.32 Å². The van der Waals surface area contributed by atoms with Gasteiger partial charge in [-0.05, 0) is 13.0 Å². The van der Waals surface area contributed by atoms with Crippen molar-refractivity contribution >= 4 is 9.84 Å². The number of aryl methyl sites for hydroxylation is 1. The summed E-state index contributed by atoms with van der Waals surface area (Å²) < 4.78 is 22.3. The predicted octanol–water partition coefficient (Wildman–Crippen LogP) is 0.693. The van der Waals surface area contributed by atoms with Gasteiger partial charge >= 0.3 is 0 Å². The Kier molecular flexibility index (Phi) is 5.02. The zero-order valence-corrected chi connectivity index (χ0v) is 11.3. The molecule has 6 heteroatoms. The van der Waals surface area contributed by atoms with Gasteiger partial charge in [0, 0.05) is 30.3 Å². The molecule has 0 amide bonds. The molecular weight excluding hydrogens is 238 g/mol. The molecule has 1 N–H and O–H groups in total. The van der Waals surface area contributed by atoms with E-state index >= 15 is 0 Å².